The number of anilines is 1. The van der Waals surface area contributed by atoms with Crippen LogP contribution >= 0.6 is 12.4 Å². The van der Waals surface area contributed by atoms with Gasteiger partial charge in [0, 0.05) is 24.4 Å². The van der Waals surface area contributed by atoms with Crippen molar-refractivity contribution in [2.45, 2.75) is 26.7 Å². The number of amides is 1. The van der Waals surface area contributed by atoms with Gasteiger partial charge >= 0.3 is 0 Å². The monoisotopic (exact) mass is 403 g/mol. The van der Waals surface area contributed by atoms with Crippen LogP contribution in [0.25, 0.3) is 0 Å². The van der Waals surface area contributed by atoms with E-state index in [9.17, 15) is 9.90 Å². The first-order chi connectivity index (χ1) is 12.8. The Morgan fingerprint density at radius 2 is 1.64 bits per heavy atom. The standard InChI is InChI=1S/C22H29N3O2.ClH/c1-17-10-8-11-18(2)22(17)24-20(26)14-9-15-25(3,4)16-21(27)23-19-12-6-5-7-13-19;/h5-8,10-13H,9,14-16H2,1-4H3,(H-,23,24,26,27);1H. The number of quaternary nitrogens is 1. The van der Waals surface area contributed by atoms with Gasteiger partial charge in [0.1, 0.15) is 6.54 Å². The fourth-order valence-corrected chi connectivity index (χ4v) is 3.01. The van der Waals surface area contributed by atoms with Crippen LogP contribution in [-0.2, 0) is 4.79 Å². The lowest BCUT2D eigenvalue weighted by Crippen LogP contribution is -2.47. The van der Waals surface area contributed by atoms with E-state index in [1.54, 1.807) is 0 Å². The molecule has 0 spiro atoms. The third kappa shape index (κ3) is 7.71. The highest BCUT2D eigenvalue weighted by atomic mass is 35.5. The number of nitrogens with one attached hydrogen (secondary N) is 1. The lowest BCUT2D eigenvalue weighted by Gasteiger charge is -2.31. The summed E-state index contributed by atoms with van der Waals surface area (Å²) in [7, 11) is 3.98. The SMILES string of the molecule is Cc1cccc(C)c1NC(=O)CCC[N+](C)(C)CC([O-])=Nc1ccccc1.Cl. The van der Waals surface area contributed by atoms with Crippen LogP contribution in [-0.4, -0.2) is 43.5 Å². The molecule has 0 bridgehead atoms. The lowest BCUT2D eigenvalue weighted by molar-refractivity contribution is -0.883. The van der Waals surface area contributed by atoms with Crippen LogP contribution in [0.5, 0.6) is 0 Å². The van der Waals surface area contributed by atoms with Crippen LogP contribution in [0, 0.1) is 13.8 Å². The van der Waals surface area contributed by atoms with Gasteiger partial charge in [-0.25, -0.2) is 0 Å². The molecule has 0 heterocycles. The zero-order valence-corrected chi connectivity index (χ0v) is 17.9. The number of carbonyl (C=O) groups is 1. The molecule has 0 saturated heterocycles. The predicted molar refractivity (Wildman–Crippen MR) is 116 cm³/mol. The third-order valence-corrected chi connectivity index (χ3v) is 4.49. The molecule has 0 unspecified atom stereocenters. The van der Waals surface area contributed by atoms with E-state index in [-0.39, 0.29) is 24.2 Å². The minimum absolute atomic E-state index is 0. The van der Waals surface area contributed by atoms with Crippen LogP contribution in [0.15, 0.2) is 53.5 Å². The Labute approximate surface area is 174 Å². The zero-order valence-electron chi connectivity index (χ0n) is 17.1. The number of halogens is 1. The predicted octanol–water partition coefficient (Wildman–Crippen LogP) is 3.61. The molecule has 0 atom stereocenters. The summed E-state index contributed by atoms with van der Waals surface area (Å²) in [6.07, 6.45) is 1.14. The molecule has 6 heteroatoms. The molecule has 0 aliphatic heterocycles. The molecule has 28 heavy (non-hydrogen) atoms. The molecule has 1 N–H and O–H groups in total. The molecule has 2 rings (SSSR count). The second kappa shape index (κ2) is 10.8. The van der Waals surface area contributed by atoms with Crippen molar-refractivity contribution >= 4 is 35.6 Å². The number of benzene rings is 2. The lowest BCUT2D eigenvalue weighted by atomic mass is 10.1. The van der Waals surface area contributed by atoms with E-state index in [0.29, 0.717) is 29.6 Å². The number of carbonyl (C=O) groups excluding carboxylic acids is 1. The van der Waals surface area contributed by atoms with Gasteiger partial charge in [-0.1, -0.05) is 36.4 Å². The summed E-state index contributed by atoms with van der Waals surface area (Å²) in [5, 5.41) is 15.2. The number of hydrogen-bond donors (Lipinski definition) is 1. The molecule has 0 aliphatic carbocycles. The number of para-hydroxylation sites is 2. The van der Waals surface area contributed by atoms with Gasteiger partial charge in [-0.3, -0.25) is 9.79 Å². The van der Waals surface area contributed by atoms with E-state index >= 15 is 0 Å². The maximum absolute atomic E-state index is 12.3. The third-order valence-electron chi connectivity index (χ3n) is 4.49. The Balaban J connectivity index is 0.00000392. The van der Waals surface area contributed by atoms with Crippen LogP contribution in [0.4, 0.5) is 11.4 Å². The summed E-state index contributed by atoms with van der Waals surface area (Å²) in [6, 6.07) is 15.2. The van der Waals surface area contributed by atoms with Crippen molar-refractivity contribution in [1.82, 2.24) is 0 Å². The van der Waals surface area contributed by atoms with Gasteiger partial charge in [0.15, 0.2) is 0 Å². The van der Waals surface area contributed by atoms with Gasteiger partial charge in [-0.05, 0) is 37.1 Å². The molecular weight excluding hydrogens is 374 g/mol. The van der Waals surface area contributed by atoms with Gasteiger partial charge in [0.05, 0.1) is 26.3 Å². The van der Waals surface area contributed by atoms with E-state index in [1.165, 1.54) is 0 Å². The Kier molecular flexibility index (Phi) is 9.16. The first kappa shape index (κ1) is 23.7. The molecule has 2 aromatic carbocycles. The average molecular weight is 404 g/mol. The maximum atomic E-state index is 12.3. The van der Waals surface area contributed by atoms with Gasteiger partial charge in [0.25, 0.3) is 0 Å². The van der Waals surface area contributed by atoms with Crippen molar-refractivity contribution in [3.63, 3.8) is 0 Å². The van der Waals surface area contributed by atoms with E-state index < -0.39 is 0 Å². The number of hydrogen-bond acceptors (Lipinski definition) is 3. The second-order valence-electron chi connectivity index (χ2n) is 7.58. The van der Waals surface area contributed by atoms with Crippen LogP contribution in [0.2, 0.25) is 0 Å². The highest BCUT2D eigenvalue weighted by Gasteiger charge is 2.16. The van der Waals surface area contributed by atoms with Crippen LogP contribution < -0.4 is 10.4 Å². The number of aliphatic imine (C=N–C) groups is 1. The van der Waals surface area contributed by atoms with Crippen molar-refractivity contribution in [3.8, 4) is 0 Å². The summed E-state index contributed by atoms with van der Waals surface area (Å²) in [5.41, 5.74) is 3.70. The molecule has 5 nitrogen and oxygen atoms in total. The molecule has 0 aliphatic rings. The molecule has 0 radical (unpaired) electrons. The summed E-state index contributed by atoms with van der Waals surface area (Å²) in [5.74, 6) is -0.140. The highest BCUT2D eigenvalue weighted by Crippen LogP contribution is 2.19. The Bertz CT molecular complexity index is 784. The molecule has 0 aromatic heterocycles. The second-order valence-corrected chi connectivity index (χ2v) is 7.58. The van der Waals surface area contributed by atoms with Gasteiger partial charge in [0.2, 0.25) is 5.91 Å². The molecular formula is C22H30ClN3O2. The van der Waals surface area contributed by atoms with Crippen molar-refractivity contribution in [2.75, 3.05) is 32.5 Å². The largest absolute Gasteiger partial charge is 0.858 e. The van der Waals surface area contributed by atoms with Crippen molar-refractivity contribution in [2.24, 2.45) is 4.99 Å². The summed E-state index contributed by atoms with van der Waals surface area (Å²) in [4.78, 5) is 16.4. The quantitative estimate of drug-likeness (QED) is 0.415. The van der Waals surface area contributed by atoms with E-state index in [2.05, 4.69) is 10.3 Å². The normalized spacial score (nSPS) is 11.6. The van der Waals surface area contributed by atoms with E-state index in [1.807, 2.05) is 76.5 Å². The highest BCUT2D eigenvalue weighted by molar-refractivity contribution is 5.92. The fourth-order valence-electron chi connectivity index (χ4n) is 3.01. The number of nitrogens with zero attached hydrogens (tertiary/aromatic N) is 2. The minimum atomic E-state index is -0.147. The molecule has 0 saturated carbocycles. The first-order valence-corrected chi connectivity index (χ1v) is 9.24. The van der Waals surface area contributed by atoms with Crippen molar-refractivity contribution in [3.05, 3.63) is 59.7 Å². The van der Waals surface area contributed by atoms with E-state index in [0.717, 1.165) is 23.4 Å². The topological polar surface area (TPSA) is 64.5 Å². The summed E-state index contributed by atoms with van der Waals surface area (Å²) >= 11 is 0. The van der Waals surface area contributed by atoms with Gasteiger partial charge in [-0.15, -0.1) is 12.4 Å². The van der Waals surface area contributed by atoms with Crippen molar-refractivity contribution < 1.29 is 14.4 Å². The zero-order chi connectivity index (χ0) is 19.9. The molecule has 1 amide bonds. The summed E-state index contributed by atoms with van der Waals surface area (Å²) < 4.78 is 0.506. The smallest absolute Gasteiger partial charge is 0.224 e. The minimum Gasteiger partial charge on any atom is -0.858 e. The number of aryl methyl sites for hydroxylation is 2. The number of rotatable bonds is 8. The first-order valence-electron chi connectivity index (χ1n) is 9.24. The van der Waals surface area contributed by atoms with Crippen LogP contribution in [0.3, 0.4) is 0 Å². The van der Waals surface area contributed by atoms with Gasteiger partial charge < -0.3 is 14.9 Å². The Hall–Kier alpha value is -2.37. The number of likely N-dealkylation sites (N-methyl/N-ethyl adjacent to an activating group) is 1. The molecule has 0 fully saturated rings. The van der Waals surface area contributed by atoms with E-state index in [4.69, 9.17) is 0 Å². The molecule has 152 valence electrons. The fraction of sp³-hybridized carbons (Fsp3) is 0.364. The van der Waals surface area contributed by atoms with Gasteiger partial charge in [-0.2, -0.15) is 0 Å². The van der Waals surface area contributed by atoms with Crippen molar-refractivity contribution in [1.29, 1.82) is 0 Å². The Morgan fingerprint density at radius 1 is 1.04 bits per heavy atom. The maximum Gasteiger partial charge on any atom is 0.224 e. The molecule has 2 aromatic rings. The van der Waals surface area contributed by atoms with Crippen LogP contribution in [0.1, 0.15) is 24.0 Å². The Morgan fingerprint density at radius 3 is 2.25 bits per heavy atom. The average Bonchev–Trinajstić information content (AvgIpc) is 2.58. The summed E-state index contributed by atoms with van der Waals surface area (Å²) in [6.45, 7) is 5.03.